The Morgan fingerprint density at radius 1 is 1.15 bits per heavy atom. The van der Waals surface area contributed by atoms with Crippen LogP contribution in [-0.4, -0.2) is 24.4 Å². The van der Waals surface area contributed by atoms with Crippen LogP contribution in [0.25, 0.3) is 0 Å². The number of amides is 2. The molecule has 0 fully saturated rings. The predicted octanol–water partition coefficient (Wildman–Crippen LogP) is 0.824. The van der Waals surface area contributed by atoms with Gasteiger partial charge in [0, 0.05) is 6.54 Å². The normalized spacial score (nSPS) is 11.4. The van der Waals surface area contributed by atoms with Gasteiger partial charge in [0.15, 0.2) is 0 Å². The Morgan fingerprint density at radius 2 is 1.75 bits per heavy atom. The molecule has 20 heavy (non-hydrogen) atoms. The standard InChI is InChI=1S/C14H21N3O2.ClH/c1-10(2)13(15)14(19)17-9-12(18)16-8-11-6-4-3-5-7-11;/h3-7,10,13H,8-9,15H2,1-2H3,(H,16,18)(H,17,19);1H/t13-;/m0./s1. The topological polar surface area (TPSA) is 84.2 Å². The molecule has 4 N–H and O–H groups in total. The fourth-order valence-corrected chi connectivity index (χ4v) is 1.45. The van der Waals surface area contributed by atoms with E-state index >= 15 is 0 Å². The number of nitrogens with one attached hydrogen (secondary N) is 2. The molecule has 0 aliphatic rings. The van der Waals surface area contributed by atoms with E-state index in [2.05, 4.69) is 10.6 Å². The molecule has 0 saturated carbocycles. The number of carbonyl (C=O) groups is 2. The first-order valence-corrected chi connectivity index (χ1v) is 6.34. The Labute approximate surface area is 125 Å². The van der Waals surface area contributed by atoms with Crippen LogP contribution < -0.4 is 16.4 Å². The molecule has 0 aromatic heterocycles. The Morgan fingerprint density at radius 3 is 2.30 bits per heavy atom. The van der Waals surface area contributed by atoms with Crippen molar-refractivity contribution in [2.75, 3.05) is 6.54 Å². The molecule has 0 aliphatic heterocycles. The lowest BCUT2D eigenvalue weighted by molar-refractivity contribution is -0.127. The summed E-state index contributed by atoms with van der Waals surface area (Å²) in [6, 6.07) is 9.00. The van der Waals surface area contributed by atoms with Crippen molar-refractivity contribution in [1.29, 1.82) is 0 Å². The van der Waals surface area contributed by atoms with Crippen molar-refractivity contribution in [3.63, 3.8) is 0 Å². The highest BCUT2D eigenvalue weighted by Gasteiger charge is 2.17. The molecule has 1 aromatic rings. The first-order valence-electron chi connectivity index (χ1n) is 6.34. The Kier molecular flexibility index (Phi) is 8.59. The molecule has 1 rings (SSSR count). The van der Waals surface area contributed by atoms with E-state index in [1.54, 1.807) is 0 Å². The molecule has 1 atom stereocenters. The summed E-state index contributed by atoms with van der Waals surface area (Å²) in [4.78, 5) is 23.1. The summed E-state index contributed by atoms with van der Waals surface area (Å²) in [5.74, 6) is -0.481. The lowest BCUT2D eigenvalue weighted by atomic mass is 10.1. The van der Waals surface area contributed by atoms with Crippen molar-refractivity contribution in [1.82, 2.24) is 10.6 Å². The highest BCUT2D eigenvalue weighted by Crippen LogP contribution is 1.98. The van der Waals surface area contributed by atoms with E-state index in [1.165, 1.54) is 0 Å². The lowest BCUT2D eigenvalue weighted by Crippen LogP contribution is -2.47. The number of rotatable bonds is 6. The van der Waals surface area contributed by atoms with Gasteiger partial charge in [-0.25, -0.2) is 0 Å². The molecule has 0 bridgehead atoms. The number of benzene rings is 1. The number of halogens is 1. The van der Waals surface area contributed by atoms with E-state index in [4.69, 9.17) is 5.73 Å². The molecule has 112 valence electrons. The third-order valence-corrected chi connectivity index (χ3v) is 2.78. The van der Waals surface area contributed by atoms with Gasteiger partial charge in [0.05, 0.1) is 12.6 Å². The van der Waals surface area contributed by atoms with E-state index in [0.29, 0.717) is 6.54 Å². The van der Waals surface area contributed by atoms with Gasteiger partial charge < -0.3 is 16.4 Å². The number of carbonyl (C=O) groups excluding carboxylic acids is 2. The smallest absolute Gasteiger partial charge is 0.239 e. The van der Waals surface area contributed by atoms with Gasteiger partial charge in [-0.1, -0.05) is 44.2 Å². The van der Waals surface area contributed by atoms with Crippen LogP contribution in [0, 0.1) is 5.92 Å². The SMILES string of the molecule is CC(C)[C@H](N)C(=O)NCC(=O)NCc1ccccc1.Cl. The van der Waals surface area contributed by atoms with Crippen LogP contribution in [0.1, 0.15) is 19.4 Å². The molecular weight excluding hydrogens is 278 g/mol. The molecule has 0 radical (unpaired) electrons. The van der Waals surface area contributed by atoms with Crippen LogP contribution in [0.2, 0.25) is 0 Å². The largest absolute Gasteiger partial charge is 0.350 e. The van der Waals surface area contributed by atoms with E-state index in [9.17, 15) is 9.59 Å². The molecule has 0 spiro atoms. The van der Waals surface area contributed by atoms with Gasteiger partial charge in [-0.2, -0.15) is 0 Å². The van der Waals surface area contributed by atoms with Gasteiger partial charge in [0.1, 0.15) is 0 Å². The fourth-order valence-electron chi connectivity index (χ4n) is 1.45. The number of nitrogens with two attached hydrogens (primary N) is 1. The van der Waals surface area contributed by atoms with Crippen molar-refractivity contribution in [2.24, 2.45) is 11.7 Å². The second kappa shape index (κ2) is 9.34. The van der Waals surface area contributed by atoms with Gasteiger partial charge in [0.2, 0.25) is 11.8 Å². The van der Waals surface area contributed by atoms with E-state index in [1.807, 2.05) is 44.2 Å². The van der Waals surface area contributed by atoms with E-state index in [-0.39, 0.29) is 36.7 Å². The molecule has 0 saturated heterocycles. The molecular formula is C14H22ClN3O2. The van der Waals surface area contributed by atoms with E-state index in [0.717, 1.165) is 5.56 Å². The summed E-state index contributed by atoms with van der Waals surface area (Å²) < 4.78 is 0. The summed E-state index contributed by atoms with van der Waals surface area (Å²) in [6.45, 7) is 4.12. The first-order chi connectivity index (χ1) is 9.00. The maximum absolute atomic E-state index is 11.5. The minimum Gasteiger partial charge on any atom is -0.350 e. The average Bonchev–Trinajstić information content (AvgIpc) is 2.42. The average molecular weight is 300 g/mol. The van der Waals surface area contributed by atoms with Crippen LogP contribution in [0.3, 0.4) is 0 Å². The van der Waals surface area contributed by atoms with Crippen LogP contribution in [-0.2, 0) is 16.1 Å². The minimum atomic E-state index is -0.582. The maximum Gasteiger partial charge on any atom is 0.239 e. The highest BCUT2D eigenvalue weighted by atomic mass is 35.5. The van der Waals surface area contributed by atoms with Gasteiger partial charge >= 0.3 is 0 Å². The molecule has 2 amide bonds. The zero-order valence-electron chi connectivity index (χ0n) is 11.8. The van der Waals surface area contributed by atoms with Crippen molar-refractivity contribution < 1.29 is 9.59 Å². The van der Waals surface area contributed by atoms with E-state index < -0.39 is 6.04 Å². The third kappa shape index (κ3) is 6.54. The molecule has 6 heteroatoms. The zero-order chi connectivity index (χ0) is 14.3. The summed E-state index contributed by atoms with van der Waals surface area (Å²) in [6.07, 6.45) is 0. The van der Waals surface area contributed by atoms with Gasteiger partial charge in [-0.15, -0.1) is 12.4 Å². The predicted molar refractivity (Wildman–Crippen MR) is 81.4 cm³/mol. The summed E-state index contributed by atoms with van der Waals surface area (Å²) >= 11 is 0. The Balaban J connectivity index is 0.00000361. The quantitative estimate of drug-likeness (QED) is 0.727. The van der Waals surface area contributed by atoms with Gasteiger partial charge in [0.25, 0.3) is 0 Å². The van der Waals surface area contributed by atoms with Crippen molar-refractivity contribution in [2.45, 2.75) is 26.4 Å². The molecule has 0 aliphatic carbocycles. The Bertz CT molecular complexity index is 424. The maximum atomic E-state index is 11.5. The van der Waals surface area contributed by atoms with Crippen LogP contribution in [0.4, 0.5) is 0 Å². The summed E-state index contributed by atoms with van der Waals surface area (Å²) in [7, 11) is 0. The Hall–Kier alpha value is -1.59. The van der Waals surface area contributed by atoms with Crippen molar-refractivity contribution in [3.05, 3.63) is 35.9 Å². The van der Waals surface area contributed by atoms with Gasteiger partial charge in [-0.05, 0) is 11.5 Å². The zero-order valence-corrected chi connectivity index (χ0v) is 12.6. The lowest BCUT2D eigenvalue weighted by Gasteiger charge is -2.15. The molecule has 0 unspecified atom stereocenters. The molecule has 1 aromatic carbocycles. The summed E-state index contributed by atoms with van der Waals surface area (Å²) in [5, 5.41) is 5.25. The molecule has 5 nitrogen and oxygen atoms in total. The number of hydrogen-bond donors (Lipinski definition) is 3. The van der Waals surface area contributed by atoms with Gasteiger partial charge in [-0.3, -0.25) is 9.59 Å². The second-order valence-corrected chi connectivity index (χ2v) is 4.75. The fraction of sp³-hybridized carbons (Fsp3) is 0.429. The highest BCUT2D eigenvalue weighted by molar-refractivity contribution is 5.87. The first kappa shape index (κ1) is 18.4. The molecule has 0 heterocycles. The van der Waals surface area contributed by atoms with Crippen LogP contribution in [0.15, 0.2) is 30.3 Å². The van der Waals surface area contributed by atoms with Crippen LogP contribution >= 0.6 is 12.4 Å². The summed E-state index contributed by atoms with van der Waals surface area (Å²) in [5.41, 5.74) is 6.68. The minimum absolute atomic E-state index is 0. The monoisotopic (exact) mass is 299 g/mol. The second-order valence-electron chi connectivity index (χ2n) is 4.75. The van der Waals surface area contributed by atoms with Crippen molar-refractivity contribution >= 4 is 24.2 Å². The third-order valence-electron chi connectivity index (χ3n) is 2.78. The van der Waals surface area contributed by atoms with Crippen molar-refractivity contribution in [3.8, 4) is 0 Å². The van der Waals surface area contributed by atoms with Crippen LogP contribution in [0.5, 0.6) is 0 Å². The number of hydrogen-bond acceptors (Lipinski definition) is 3.